The van der Waals surface area contributed by atoms with Crippen molar-refractivity contribution < 1.29 is 9.90 Å². The summed E-state index contributed by atoms with van der Waals surface area (Å²) in [6.07, 6.45) is 8.28. The fourth-order valence-corrected chi connectivity index (χ4v) is 5.43. The van der Waals surface area contributed by atoms with Gasteiger partial charge in [0.25, 0.3) is 0 Å². The molecule has 0 aromatic carbocycles. The SMILES string of the molecule is CC1(NC(=O)CC2CC3(CCC3)C2)CCN(c2nnc(CO)s2)C1. The smallest absolute Gasteiger partial charge is 0.220 e. The van der Waals surface area contributed by atoms with E-state index >= 15 is 0 Å². The first-order valence-electron chi connectivity index (χ1n) is 8.99. The molecule has 24 heavy (non-hydrogen) atoms. The Morgan fingerprint density at radius 1 is 1.38 bits per heavy atom. The molecule has 1 spiro atoms. The van der Waals surface area contributed by atoms with Crippen molar-refractivity contribution >= 4 is 22.4 Å². The largest absolute Gasteiger partial charge is 0.389 e. The van der Waals surface area contributed by atoms with Gasteiger partial charge in [0.15, 0.2) is 0 Å². The summed E-state index contributed by atoms with van der Waals surface area (Å²) in [6.45, 7) is 3.67. The van der Waals surface area contributed by atoms with E-state index in [0.29, 0.717) is 22.8 Å². The van der Waals surface area contributed by atoms with Crippen molar-refractivity contribution in [1.29, 1.82) is 0 Å². The van der Waals surface area contributed by atoms with E-state index in [0.717, 1.165) is 24.6 Å². The Labute approximate surface area is 146 Å². The van der Waals surface area contributed by atoms with E-state index in [4.69, 9.17) is 5.11 Å². The predicted molar refractivity (Wildman–Crippen MR) is 92.8 cm³/mol. The van der Waals surface area contributed by atoms with Crippen molar-refractivity contribution in [3.8, 4) is 0 Å². The first-order chi connectivity index (χ1) is 11.5. The van der Waals surface area contributed by atoms with Gasteiger partial charge >= 0.3 is 0 Å². The summed E-state index contributed by atoms with van der Waals surface area (Å²) in [5, 5.41) is 22.0. The number of aromatic nitrogens is 2. The van der Waals surface area contributed by atoms with Gasteiger partial charge in [-0.25, -0.2) is 0 Å². The number of carbonyl (C=O) groups excluding carboxylic acids is 1. The Morgan fingerprint density at radius 3 is 2.79 bits per heavy atom. The molecule has 7 heteroatoms. The summed E-state index contributed by atoms with van der Waals surface area (Å²) in [5.74, 6) is 0.800. The normalized spacial score (nSPS) is 28.7. The number of nitrogens with zero attached hydrogens (tertiary/aromatic N) is 3. The van der Waals surface area contributed by atoms with Gasteiger partial charge in [-0.1, -0.05) is 17.8 Å². The van der Waals surface area contributed by atoms with Crippen LogP contribution in [0.3, 0.4) is 0 Å². The third-order valence-corrected chi connectivity index (χ3v) is 7.08. The number of carbonyl (C=O) groups is 1. The zero-order chi connectivity index (χ0) is 16.8. The summed E-state index contributed by atoms with van der Waals surface area (Å²) >= 11 is 1.42. The Morgan fingerprint density at radius 2 is 2.17 bits per heavy atom. The number of anilines is 1. The Kier molecular flexibility index (Phi) is 4.03. The molecule has 1 aliphatic heterocycles. The third kappa shape index (κ3) is 3.04. The van der Waals surface area contributed by atoms with Gasteiger partial charge < -0.3 is 15.3 Å². The maximum absolute atomic E-state index is 12.4. The van der Waals surface area contributed by atoms with Crippen LogP contribution in [0.1, 0.15) is 56.9 Å². The van der Waals surface area contributed by atoms with E-state index in [1.54, 1.807) is 0 Å². The van der Waals surface area contributed by atoms with Crippen LogP contribution >= 0.6 is 11.3 Å². The Hall–Kier alpha value is -1.21. The van der Waals surface area contributed by atoms with Crippen LogP contribution in [0.2, 0.25) is 0 Å². The second-order valence-electron chi connectivity index (χ2n) is 8.25. The quantitative estimate of drug-likeness (QED) is 0.850. The van der Waals surface area contributed by atoms with Gasteiger partial charge in [-0.2, -0.15) is 0 Å². The number of aliphatic hydroxyl groups excluding tert-OH is 1. The molecule has 3 fully saturated rings. The third-order valence-electron chi connectivity index (χ3n) is 6.11. The zero-order valence-electron chi connectivity index (χ0n) is 14.3. The van der Waals surface area contributed by atoms with Gasteiger partial charge in [-0.05, 0) is 50.4 Å². The minimum atomic E-state index is -0.194. The fourth-order valence-electron chi connectivity index (χ4n) is 4.71. The minimum Gasteiger partial charge on any atom is -0.389 e. The van der Waals surface area contributed by atoms with E-state index in [-0.39, 0.29) is 18.1 Å². The van der Waals surface area contributed by atoms with Crippen LogP contribution in [0.5, 0.6) is 0 Å². The molecule has 6 nitrogen and oxygen atoms in total. The van der Waals surface area contributed by atoms with Crippen molar-refractivity contribution in [1.82, 2.24) is 15.5 Å². The summed E-state index contributed by atoms with van der Waals surface area (Å²) in [5.41, 5.74) is 0.446. The summed E-state index contributed by atoms with van der Waals surface area (Å²) in [4.78, 5) is 14.6. The van der Waals surface area contributed by atoms with E-state index in [2.05, 4.69) is 27.3 Å². The number of amides is 1. The monoisotopic (exact) mass is 350 g/mol. The molecule has 2 N–H and O–H groups in total. The number of rotatable bonds is 5. The highest BCUT2D eigenvalue weighted by Crippen LogP contribution is 2.59. The Balaban J connectivity index is 1.27. The molecule has 0 radical (unpaired) electrons. The number of hydrogen-bond donors (Lipinski definition) is 2. The molecule has 3 aliphatic rings. The van der Waals surface area contributed by atoms with Gasteiger partial charge in [0.1, 0.15) is 5.01 Å². The van der Waals surface area contributed by atoms with Crippen LogP contribution in [0.25, 0.3) is 0 Å². The van der Waals surface area contributed by atoms with Crippen molar-refractivity contribution in [2.75, 3.05) is 18.0 Å². The number of hydrogen-bond acceptors (Lipinski definition) is 6. The maximum atomic E-state index is 12.4. The average molecular weight is 350 g/mol. The average Bonchev–Trinajstić information content (AvgIpc) is 3.06. The molecule has 2 heterocycles. The van der Waals surface area contributed by atoms with Gasteiger partial charge in [-0.3, -0.25) is 4.79 Å². The lowest BCUT2D eigenvalue weighted by molar-refractivity contribution is -0.127. The van der Waals surface area contributed by atoms with Crippen molar-refractivity contribution in [3.63, 3.8) is 0 Å². The predicted octanol–water partition coefficient (Wildman–Crippen LogP) is 2.09. The highest BCUT2D eigenvalue weighted by molar-refractivity contribution is 7.15. The van der Waals surface area contributed by atoms with Crippen molar-refractivity contribution in [2.24, 2.45) is 11.3 Å². The molecule has 1 saturated heterocycles. The molecule has 132 valence electrons. The lowest BCUT2D eigenvalue weighted by atomic mass is 9.51. The molecule has 1 unspecified atom stereocenters. The lowest BCUT2D eigenvalue weighted by Crippen LogP contribution is -2.50. The van der Waals surface area contributed by atoms with E-state index in [9.17, 15) is 4.79 Å². The molecular formula is C17H26N4O2S. The minimum absolute atomic E-state index is 0.0671. The summed E-state index contributed by atoms with van der Waals surface area (Å²) in [7, 11) is 0. The molecule has 2 saturated carbocycles. The molecule has 1 amide bonds. The van der Waals surface area contributed by atoms with E-state index in [1.165, 1.54) is 43.4 Å². The second kappa shape index (κ2) is 5.95. The molecule has 1 atom stereocenters. The number of aliphatic hydroxyl groups is 1. The summed E-state index contributed by atoms with van der Waals surface area (Å²) in [6, 6.07) is 0. The van der Waals surface area contributed by atoms with Crippen molar-refractivity contribution in [2.45, 2.75) is 64.0 Å². The van der Waals surface area contributed by atoms with Crippen molar-refractivity contribution in [3.05, 3.63) is 5.01 Å². The van der Waals surface area contributed by atoms with E-state index in [1.807, 2.05) is 0 Å². The van der Waals surface area contributed by atoms with E-state index < -0.39 is 0 Å². The molecule has 0 bridgehead atoms. The van der Waals surface area contributed by atoms with Gasteiger partial charge in [0.2, 0.25) is 11.0 Å². The maximum Gasteiger partial charge on any atom is 0.220 e. The standard InChI is InChI=1S/C17H26N4O2S/c1-16(5-6-21(11-16)15-20-19-14(10-22)24-15)18-13(23)7-12-8-17(9-12)3-2-4-17/h12,22H,2-11H2,1H3,(H,18,23). The van der Waals surface area contributed by atoms with Crippen LogP contribution in [0.4, 0.5) is 5.13 Å². The molecule has 4 rings (SSSR count). The highest BCUT2D eigenvalue weighted by Gasteiger charge is 2.48. The number of nitrogens with one attached hydrogen (secondary N) is 1. The first kappa shape index (κ1) is 16.3. The fraction of sp³-hybridized carbons (Fsp3) is 0.824. The zero-order valence-corrected chi connectivity index (χ0v) is 15.1. The molecule has 1 aromatic rings. The van der Waals surface area contributed by atoms with Crippen LogP contribution in [-0.2, 0) is 11.4 Å². The van der Waals surface area contributed by atoms with Gasteiger partial charge in [0.05, 0.1) is 12.1 Å². The lowest BCUT2D eigenvalue weighted by Gasteiger charge is -2.54. The van der Waals surface area contributed by atoms with Crippen LogP contribution in [0, 0.1) is 11.3 Å². The Bertz CT molecular complexity index is 622. The highest BCUT2D eigenvalue weighted by atomic mass is 32.1. The molecular weight excluding hydrogens is 324 g/mol. The van der Waals surface area contributed by atoms with Crippen LogP contribution < -0.4 is 10.2 Å². The summed E-state index contributed by atoms with van der Waals surface area (Å²) < 4.78 is 0. The van der Waals surface area contributed by atoms with Gasteiger partial charge in [0, 0.05) is 19.5 Å². The van der Waals surface area contributed by atoms with Gasteiger partial charge in [-0.15, -0.1) is 10.2 Å². The van der Waals surface area contributed by atoms with Crippen LogP contribution in [-0.4, -0.2) is 39.8 Å². The topological polar surface area (TPSA) is 78.4 Å². The molecule has 2 aliphatic carbocycles. The molecule has 1 aromatic heterocycles. The van der Waals surface area contributed by atoms with Crippen LogP contribution in [0.15, 0.2) is 0 Å². The first-order valence-corrected chi connectivity index (χ1v) is 9.80. The second-order valence-corrected chi connectivity index (χ2v) is 9.29.